The minimum Gasteiger partial charge on any atom is -0.398 e. The first-order valence-corrected chi connectivity index (χ1v) is 7.51. The second kappa shape index (κ2) is 5.16. The highest BCUT2D eigenvalue weighted by atomic mass is 79.9. The van der Waals surface area contributed by atoms with Crippen molar-refractivity contribution in [3.63, 3.8) is 0 Å². The summed E-state index contributed by atoms with van der Waals surface area (Å²) < 4.78 is 26.1. The van der Waals surface area contributed by atoms with Crippen molar-refractivity contribution in [1.82, 2.24) is 4.31 Å². The lowest BCUT2D eigenvalue weighted by Gasteiger charge is -2.25. The molecular weight excluding hydrogens is 320 g/mol. The average molecular weight is 337 g/mol. The number of nitrogen functional groups attached to an aromatic ring is 1. The molecule has 7 heteroatoms. The molecule has 0 fully saturated rings. The van der Waals surface area contributed by atoms with Crippen LogP contribution in [0.15, 0.2) is 27.6 Å². The Bertz CT molecular complexity index is 538. The van der Waals surface area contributed by atoms with Crippen molar-refractivity contribution in [3.8, 4) is 0 Å². The zero-order valence-electron chi connectivity index (χ0n) is 10.5. The van der Waals surface area contributed by atoms with Gasteiger partial charge in [-0.05, 0) is 48.0 Å². The molecule has 1 aromatic rings. The molecule has 0 heterocycles. The fourth-order valence-electron chi connectivity index (χ4n) is 1.48. The molecule has 0 saturated carbocycles. The van der Waals surface area contributed by atoms with Crippen LogP contribution in [-0.2, 0) is 10.0 Å². The number of likely N-dealkylation sites (N-methyl/N-ethyl adjacent to an activating group) is 1. The monoisotopic (exact) mass is 336 g/mol. The molecule has 0 aliphatic carbocycles. The number of aliphatic hydroxyl groups is 1. The molecule has 0 unspecified atom stereocenters. The van der Waals surface area contributed by atoms with E-state index in [1.165, 1.54) is 25.2 Å². The van der Waals surface area contributed by atoms with Gasteiger partial charge in [0.15, 0.2) is 0 Å². The third kappa shape index (κ3) is 3.68. The summed E-state index contributed by atoms with van der Waals surface area (Å²) in [5.74, 6) is 0. The molecular formula is C11H17BrN2O3S. The van der Waals surface area contributed by atoms with Gasteiger partial charge in [0.25, 0.3) is 0 Å². The van der Waals surface area contributed by atoms with E-state index < -0.39 is 15.6 Å². The Hall–Kier alpha value is -0.630. The van der Waals surface area contributed by atoms with E-state index in [1.807, 2.05) is 0 Å². The summed E-state index contributed by atoms with van der Waals surface area (Å²) in [5.41, 5.74) is 5.00. The van der Waals surface area contributed by atoms with Gasteiger partial charge in [0.05, 0.1) is 10.5 Å². The summed E-state index contributed by atoms with van der Waals surface area (Å²) >= 11 is 3.19. The van der Waals surface area contributed by atoms with Crippen molar-refractivity contribution in [2.24, 2.45) is 0 Å². The number of rotatable bonds is 4. The first-order valence-electron chi connectivity index (χ1n) is 5.28. The van der Waals surface area contributed by atoms with Gasteiger partial charge < -0.3 is 10.8 Å². The Labute approximate surface area is 116 Å². The Morgan fingerprint density at radius 1 is 1.44 bits per heavy atom. The van der Waals surface area contributed by atoms with Crippen LogP contribution in [0.2, 0.25) is 0 Å². The first-order chi connectivity index (χ1) is 8.04. The summed E-state index contributed by atoms with van der Waals surface area (Å²) in [4.78, 5) is 0.135. The van der Waals surface area contributed by atoms with Gasteiger partial charge in [0, 0.05) is 23.8 Å². The van der Waals surface area contributed by atoms with E-state index in [2.05, 4.69) is 15.9 Å². The van der Waals surface area contributed by atoms with Crippen molar-refractivity contribution < 1.29 is 13.5 Å². The molecule has 1 rings (SSSR count). The highest BCUT2D eigenvalue weighted by Crippen LogP contribution is 2.25. The Morgan fingerprint density at radius 2 is 2.00 bits per heavy atom. The Morgan fingerprint density at radius 3 is 2.44 bits per heavy atom. The Kier molecular flexibility index (Phi) is 4.42. The van der Waals surface area contributed by atoms with Gasteiger partial charge in [0.1, 0.15) is 0 Å². The number of benzene rings is 1. The van der Waals surface area contributed by atoms with Crippen LogP contribution in [0, 0.1) is 0 Å². The molecule has 102 valence electrons. The van der Waals surface area contributed by atoms with E-state index in [1.54, 1.807) is 13.8 Å². The molecule has 5 nitrogen and oxygen atoms in total. The van der Waals surface area contributed by atoms with Crippen LogP contribution in [0.1, 0.15) is 13.8 Å². The maximum atomic E-state index is 12.2. The lowest BCUT2D eigenvalue weighted by atomic mass is 10.1. The number of anilines is 1. The number of nitrogens with zero attached hydrogens (tertiary/aromatic N) is 1. The van der Waals surface area contributed by atoms with Crippen LogP contribution in [0.4, 0.5) is 5.69 Å². The van der Waals surface area contributed by atoms with Crippen molar-refractivity contribution >= 4 is 31.6 Å². The average Bonchev–Trinajstić information content (AvgIpc) is 2.19. The predicted octanol–water partition coefficient (Wildman–Crippen LogP) is 1.42. The smallest absolute Gasteiger partial charge is 0.242 e. The SMILES string of the molecule is CN(CC(C)(C)O)S(=O)(=O)c1ccc(N)c(Br)c1. The van der Waals surface area contributed by atoms with Gasteiger partial charge in [-0.2, -0.15) is 4.31 Å². The molecule has 0 spiro atoms. The van der Waals surface area contributed by atoms with E-state index in [0.29, 0.717) is 10.2 Å². The molecule has 0 aliphatic rings. The fourth-order valence-corrected chi connectivity index (χ4v) is 3.36. The minimum absolute atomic E-state index is 0.0112. The van der Waals surface area contributed by atoms with Crippen LogP contribution in [0.5, 0.6) is 0 Å². The standard InChI is InChI=1S/C11H17BrN2O3S/c1-11(2,15)7-14(3)18(16,17)8-4-5-10(13)9(12)6-8/h4-6,15H,7,13H2,1-3H3. The molecule has 0 radical (unpaired) electrons. The van der Waals surface area contributed by atoms with Crippen LogP contribution < -0.4 is 5.73 Å². The van der Waals surface area contributed by atoms with Crippen LogP contribution in [0.25, 0.3) is 0 Å². The van der Waals surface area contributed by atoms with Crippen molar-refractivity contribution in [3.05, 3.63) is 22.7 Å². The van der Waals surface area contributed by atoms with E-state index in [0.717, 1.165) is 4.31 Å². The molecule has 0 bridgehead atoms. The summed E-state index contributed by atoms with van der Waals surface area (Å²) in [6, 6.07) is 4.41. The number of sulfonamides is 1. The van der Waals surface area contributed by atoms with Crippen LogP contribution >= 0.6 is 15.9 Å². The summed E-state index contributed by atoms with van der Waals surface area (Å²) in [5, 5.41) is 9.66. The zero-order valence-corrected chi connectivity index (χ0v) is 12.9. The predicted molar refractivity (Wildman–Crippen MR) is 74.7 cm³/mol. The lowest BCUT2D eigenvalue weighted by molar-refractivity contribution is 0.0640. The number of halogens is 1. The van der Waals surface area contributed by atoms with Gasteiger partial charge in [-0.25, -0.2) is 8.42 Å². The number of hydrogen-bond acceptors (Lipinski definition) is 4. The summed E-state index contributed by atoms with van der Waals surface area (Å²) in [6.45, 7) is 3.12. The molecule has 0 amide bonds. The third-order valence-electron chi connectivity index (χ3n) is 2.29. The lowest BCUT2D eigenvalue weighted by Crippen LogP contribution is -2.39. The minimum atomic E-state index is -3.62. The summed E-state index contributed by atoms with van der Waals surface area (Å²) in [6.07, 6.45) is 0. The van der Waals surface area contributed by atoms with Crippen LogP contribution in [-0.4, -0.2) is 37.0 Å². The molecule has 0 aromatic heterocycles. The second-order valence-corrected chi connectivity index (χ2v) is 7.66. The van der Waals surface area contributed by atoms with Gasteiger partial charge in [-0.15, -0.1) is 0 Å². The number of nitrogens with two attached hydrogens (primary N) is 1. The van der Waals surface area contributed by atoms with Crippen LogP contribution in [0.3, 0.4) is 0 Å². The first kappa shape index (κ1) is 15.4. The van der Waals surface area contributed by atoms with E-state index in [-0.39, 0.29) is 11.4 Å². The van der Waals surface area contributed by atoms with Crippen molar-refractivity contribution in [1.29, 1.82) is 0 Å². The van der Waals surface area contributed by atoms with E-state index in [4.69, 9.17) is 5.73 Å². The zero-order chi connectivity index (χ0) is 14.1. The van der Waals surface area contributed by atoms with Crippen molar-refractivity contribution in [2.45, 2.75) is 24.3 Å². The largest absolute Gasteiger partial charge is 0.398 e. The molecule has 0 saturated heterocycles. The van der Waals surface area contributed by atoms with E-state index >= 15 is 0 Å². The van der Waals surface area contributed by atoms with Gasteiger partial charge in [-0.1, -0.05) is 0 Å². The van der Waals surface area contributed by atoms with Gasteiger partial charge in [0.2, 0.25) is 10.0 Å². The quantitative estimate of drug-likeness (QED) is 0.814. The molecule has 18 heavy (non-hydrogen) atoms. The highest BCUT2D eigenvalue weighted by molar-refractivity contribution is 9.10. The normalized spacial score (nSPS) is 13.0. The topological polar surface area (TPSA) is 83.6 Å². The second-order valence-electron chi connectivity index (χ2n) is 4.76. The highest BCUT2D eigenvalue weighted by Gasteiger charge is 2.26. The fraction of sp³-hybridized carbons (Fsp3) is 0.455. The van der Waals surface area contributed by atoms with Gasteiger partial charge in [-0.3, -0.25) is 0 Å². The molecule has 3 N–H and O–H groups in total. The number of hydrogen-bond donors (Lipinski definition) is 2. The van der Waals surface area contributed by atoms with Gasteiger partial charge >= 0.3 is 0 Å². The maximum Gasteiger partial charge on any atom is 0.242 e. The van der Waals surface area contributed by atoms with Crippen molar-refractivity contribution in [2.75, 3.05) is 19.3 Å². The molecule has 0 aliphatic heterocycles. The molecule has 1 aromatic carbocycles. The summed E-state index contributed by atoms with van der Waals surface area (Å²) in [7, 11) is -2.20. The Balaban J connectivity index is 3.10. The van der Waals surface area contributed by atoms with E-state index in [9.17, 15) is 13.5 Å². The molecule has 0 atom stereocenters. The maximum absolute atomic E-state index is 12.2. The third-order valence-corrected chi connectivity index (χ3v) is 4.78.